The predicted molar refractivity (Wildman–Crippen MR) is 72.3 cm³/mol. The Labute approximate surface area is 119 Å². The van der Waals surface area contributed by atoms with Crippen molar-refractivity contribution in [2.75, 3.05) is 5.32 Å². The fourth-order valence-corrected chi connectivity index (χ4v) is 3.51. The summed E-state index contributed by atoms with van der Waals surface area (Å²) in [6.07, 6.45) is 5.15. The van der Waals surface area contributed by atoms with Crippen LogP contribution >= 0.6 is 11.3 Å². The second-order valence-corrected chi connectivity index (χ2v) is 5.53. The smallest absolute Gasteiger partial charge is 0.251 e. The molecule has 1 aromatic heterocycles. The van der Waals surface area contributed by atoms with E-state index in [1.807, 2.05) is 0 Å². The van der Waals surface area contributed by atoms with Gasteiger partial charge in [0.1, 0.15) is 5.00 Å². The first-order valence-electron chi connectivity index (χ1n) is 6.13. The highest BCUT2D eigenvalue weighted by molar-refractivity contribution is 7.17. The number of hydrogen-bond acceptors (Lipinski definition) is 5. The fourth-order valence-electron chi connectivity index (χ4n) is 2.21. The summed E-state index contributed by atoms with van der Waals surface area (Å²) in [7, 11) is 0. The quantitative estimate of drug-likeness (QED) is 0.759. The summed E-state index contributed by atoms with van der Waals surface area (Å²) in [5, 5.41) is 13.1. The molecule has 20 heavy (non-hydrogen) atoms. The summed E-state index contributed by atoms with van der Waals surface area (Å²) in [6.45, 7) is 0. The van der Waals surface area contributed by atoms with Gasteiger partial charge in [-0.25, -0.2) is 0 Å². The Morgan fingerprint density at radius 2 is 1.90 bits per heavy atom. The maximum Gasteiger partial charge on any atom is 0.251 e. The molecule has 1 aliphatic rings. The van der Waals surface area contributed by atoms with Crippen LogP contribution in [0, 0.1) is 0 Å². The molecule has 0 saturated carbocycles. The highest BCUT2D eigenvalue weighted by Gasteiger charge is 2.24. The van der Waals surface area contributed by atoms with Crippen LogP contribution in [0.1, 0.15) is 33.6 Å². The SMILES string of the molecule is NC(=O)c1c(NC(=O)/C=C/C(=O)[O-])sc2c1CCCC2. The molecule has 0 radical (unpaired) electrons. The van der Waals surface area contributed by atoms with E-state index >= 15 is 0 Å². The predicted octanol–water partition coefficient (Wildman–Crippen LogP) is -0.0296. The number of fused-ring (bicyclic) bond motifs is 1. The molecular formula is C13H13N2O4S-. The van der Waals surface area contributed by atoms with Gasteiger partial charge in [0, 0.05) is 11.0 Å². The summed E-state index contributed by atoms with van der Waals surface area (Å²) in [4.78, 5) is 34.4. The summed E-state index contributed by atoms with van der Waals surface area (Å²) in [5.41, 5.74) is 6.63. The number of primary amides is 1. The minimum atomic E-state index is -1.46. The van der Waals surface area contributed by atoms with Crippen molar-refractivity contribution in [1.29, 1.82) is 0 Å². The van der Waals surface area contributed by atoms with E-state index in [0.717, 1.165) is 42.2 Å². The number of rotatable bonds is 4. The summed E-state index contributed by atoms with van der Waals surface area (Å²) in [6, 6.07) is 0. The number of nitrogens with one attached hydrogen (secondary N) is 1. The lowest BCUT2D eigenvalue weighted by Crippen LogP contribution is -2.20. The topological polar surface area (TPSA) is 112 Å². The number of nitrogens with two attached hydrogens (primary N) is 1. The van der Waals surface area contributed by atoms with E-state index in [-0.39, 0.29) is 0 Å². The van der Waals surface area contributed by atoms with Crippen molar-refractivity contribution in [1.82, 2.24) is 0 Å². The van der Waals surface area contributed by atoms with E-state index < -0.39 is 17.8 Å². The number of hydrogen-bond donors (Lipinski definition) is 2. The van der Waals surface area contributed by atoms with Gasteiger partial charge in [-0.2, -0.15) is 0 Å². The van der Waals surface area contributed by atoms with Gasteiger partial charge in [0.05, 0.1) is 11.5 Å². The number of aryl methyl sites for hydroxylation is 1. The second-order valence-electron chi connectivity index (χ2n) is 4.42. The molecule has 106 valence electrons. The van der Waals surface area contributed by atoms with Crippen LogP contribution < -0.4 is 16.2 Å². The zero-order valence-electron chi connectivity index (χ0n) is 10.6. The van der Waals surface area contributed by atoms with Gasteiger partial charge in [0.15, 0.2) is 0 Å². The number of carboxylic acids is 1. The van der Waals surface area contributed by atoms with Crippen molar-refractivity contribution in [3.05, 3.63) is 28.2 Å². The van der Waals surface area contributed by atoms with Crippen LogP contribution in [-0.2, 0) is 22.4 Å². The first-order valence-corrected chi connectivity index (χ1v) is 6.95. The molecule has 1 heterocycles. The number of aliphatic carboxylic acids is 1. The number of thiophene rings is 1. The van der Waals surface area contributed by atoms with Crippen molar-refractivity contribution in [3.8, 4) is 0 Å². The van der Waals surface area contributed by atoms with E-state index in [4.69, 9.17) is 5.73 Å². The molecule has 0 atom stereocenters. The highest BCUT2D eigenvalue weighted by Crippen LogP contribution is 2.37. The molecule has 6 nitrogen and oxygen atoms in total. The highest BCUT2D eigenvalue weighted by atomic mass is 32.1. The Morgan fingerprint density at radius 3 is 2.55 bits per heavy atom. The number of carbonyl (C=O) groups excluding carboxylic acids is 3. The zero-order chi connectivity index (χ0) is 14.7. The summed E-state index contributed by atoms with van der Waals surface area (Å²) < 4.78 is 0. The van der Waals surface area contributed by atoms with E-state index in [2.05, 4.69) is 5.32 Å². The number of carboxylic acid groups (broad SMARTS) is 1. The lowest BCUT2D eigenvalue weighted by molar-refractivity contribution is -0.297. The van der Waals surface area contributed by atoms with Crippen molar-refractivity contribution < 1.29 is 19.5 Å². The third kappa shape index (κ3) is 3.05. The van der Waals surface area contributed by atoms with E-state index in [1.165, 1.54) is 11.3 Å². The lowest BCUT2D eigenvalue weighted by atomic mass is 9.95. The van der Waals surface area contributed by atoms with Crippen LogP contribution in [0.5, 0.6) is 0 Å². The first-order chi connectivity index (χ1) is 9.49. The average Bonchev–Trinajstić information content (AvgIpc) is 2.74. The summed E-state index contributed by atoms with van der Waals surface area (Å²) in [5.74, 6) is -2.67. The van der Waals surface area contributed by atoms with Crippen LogP contribution in [0.15, 0.2) is 12.2 Å². The molecule has 1 aliphatic carbocycles. The molecule has 0 aliphatic heterocycles. The van der Waals surface area contributed by atoms with Gasteiger partial charge < -0.3 is 21.0 Å². The van der Waals surface area contributed by atoms with Crippen LogP contribution in [0.25, 0.3) is 0 Å². The van der Waals surface area contributed by atoms with Crippen molar-refractivity contribution in [2.24, 2.45) is 5.73 Å². The third-order valence-electron chi connectivity index (χ3n) is 3.03. The second kappa shape index (κ2) is 5.87. The Morgan fingerprint density at radius 1 is 1.20 bits per heavy atom. The van der Waals surface area contributed by atoms with E-state index in [1.54, 1.807) is 0 Å². The molecule has 0 bridgehead atoms. The first kappa shape index (κ1) is 14.3. The molecule has 0 fully saturated rings. The molecule has 2 rings (SSSR count). The molecule has 2 amide bonds. The van der Waals surface area contributed by atoms with Gasteiger partial charge in [-0.1, -0.05) is 0 Å². The molecule has 0 aromatic carbocycles. The molecule has 0 unspecified atom stereocenters. The minimum absolute atomic E-state index is 0.347. The fraction of sp³-hybridized carbons (Fsp3) is 0.308. The van der Waals surface area contributed by atoms with Gasteiger partial charge in [-0.15, -0.1) is 11.3 Å². The van der Waals surface area contributed by atoms with Gasteiger partial charge >= 0.3 is 0 Å². The molecule has 0 saturated heterocycles. The molecule has 0 spiro atoms. The summed E-state index contributed by atoms with van der Waals surface area (Å²) >= 11 is 1.32. The van der Waals surface area contributed by atoms with Crippen LogP contribution in [-0.4, -0.2) is 17.8 Å². The minimum Gasteiger partial charge on any atom is -0.545 e. The Bertz CT molecular complexity index is 604. The maximum absolute atomic E-state index is 11.6. The largest absolute Gasteiger partial charge is 0.545 e. The van der Waals surface area contributed by atoms with Crippen molar-refractivity contribution >= 4 is 34.1 Å². The zero-order valence-corrected chi connectivity index (χ0v) is 11.4. The monoisotopic (exact) mass is 293 g/mol. The number of carbonyl (C=O) groups is 3. The Kier molecular flexibility index (Phi) is 4.19. The van der Waals surface area contributed by atoms with Crippen molar-refractivity contribution in [2.45, 2.75) is 25.7 Å². The maximum atomic E-state index is 11.6. The normalized spacial score (nSPS) is 14.0. The Hall–Kier alpha value is -2.15. The van der Waals surface area contributed by atoms with Gasteiger partial charge in [0.2, 0.25) is 5.91 Å². The van der Waals surface area contributed by atoms with Crippen LogP contribution in [0.4, 0.5) is 5.00 Å². The Balaban J connectivity index is 2.27. The number of anilines is 1. The third-order valence-corrected chi connectivity index (χ3v) is 4.23. The van der Waals surface area contributed by atoms with Crippen LogP contribution in [0.3, 0.4) is 0 Å². The lowest BCUT2D eigenvalue weighted by Gasteiger charge is -2.11. The average molecular weight is 293 g/mol. The molecular weight excluding hydrogens is 280 g/mol. The standard InChI is InChI=1S/C13H14N2O4S/c14-12(19)11-7-3-1-2-4-8(7)20-13(11)15-9(16)5-6-10(17)18/h5-6H,1-4H2,(H2,14,19)(H,15,16)(H,17,18)/p-1/b6-5+. The van der Waals surface area contributed by atoms with Crippen LogP contribution in [0.2, 0.25) is 0 Å². The van der Waals surface area contributed by atoms with Gasteiger partial charge in [-0.3, -0.25) is 9.59 Å². The van der Waals surface area contributed by atoms with Crippen molar-refractivity contribution in [3.63, 3.8) is 0 Å². The molecule has 1 aromatic rings. The number of amides is 2. The van der Waals surface area contributed by atoms with E-state index in [0.29, 0.717) is 16.6 Å². The molecule has 3 N–H and O–H groups in total. The van der Waals surface area contributed by atoms with E-state index in [9.17, 15) is 19.5 Å². The molecule has 7 heteroatoms. The van der Waals surface area contributed by atoms with Gasteiger partial charge in [0.25, 0.3) is 5.91 Å². The van der Waals surface area contributed by atoms with Gasteiger partial charge in [-0.05, 0) is 37.3 Å².